The van der Waals surface area contributed by atoms with Crippen molar-refractivity contribution in [2.24, 2.45) is 0 Å². The molecule has 11 heteroatoms. The van der Waals surface area contributed by atoms with Crippen molar-refractivity contribution in [2.45, 2.75) is 0 Å². The molecule has 0 aliphatic heterocycles. The smallest absolute Gasteiger partial charge is 0.870 e. The molecule has 0 unspecified atom stereocenters. The van der Waals surface area contributed by atoms with Crippen molar-refractivity contribution >= 4 is 45.6 Å². The van der Waals surface area contributed by atoms with Crippen molar-refractivity contribution < 1.29 is 63.3 Å². The number of hydrogen-bond acceptors (Lipinski definition) is 8. The first-order chi connectivity index (χ1) is 0. The Labute approximate surface area is 108 Å². The van der Waals surface area contributed by atoms with E-state index in [1.54, 1.807) is 0 Å². The van der Waals surface area contributed by atoms with Crippen molar-refractivity contribution in [1.29, 1.82) is 0 Å². The first kappa shape index (κ1) is 545. The van der Waals surface area contributed by atoms with Crippen LogP contribution in [0.25, 0.3) is 0 Å². The summed E-state index contributed by atoms with van der Waals surface area (Å²) in [5.74, 6) is 0. The van der Waals surface area contributed by atoms with Gasteiger partial charge in [-0.05, 0) is 0 Å². The minimum Gasteiger partial charge on any atom is -0.870 e. The van der Waals surface area contributed by atoms with Gasteiger partial charge in [0.15, 0.2) is 0 Å². The zero-order valence-corrected chi connectivity index (χ0v) is 14.1. The summed E-state index contributed by atoms with van der Waals surface area (Å²) in [6, 6.07) is 0. The van der Waals surface area contributed by atoms with Crippen LogP contribution in [-0.4, -0.2) is 89.4 Å². The van der Waals surface area contributed by atoms with Crippen molar-refractivity contribution in [2.75, 3.05) is 0 Å². The van der Waals surface area contributed by atoms with Crippen LogP contribution in [0.4, 0.5) is 0 Å². The summed E-state index contributed by atoms with van der Waals surface area (Å²) in [5.41, 5.74) is 0. The van der Waals surface area contributed by atoms with Gasteiger partial charge in [0, 0.05) is 0 Å². The molecule has 0 atom stereocenters. The molecule has 0 saturated carbocycles. The molecule has 8 N–H and O–H groups in total. The molecular weight excluding hydrogens is 378 g/mol. The van der Waals surface area contributed by atoms with E-state index in [1.165, 1.54) is 0 Å². The largest absolute Gasteiger partial charge is 3.00 e. The molecule has 0 saturated heterocycles. The van der Waals surface area contributed by atoms with E-state index in [1.807, 2.05) is 0 Å². The summed E-state index contributed by atoms with van der Waals surface area (Å²) in [6.45, 7) is 0. The third-order valence-corrected chi connectivity index (χ3v) is 0. The van der Waals surface area contributed by atoms with Crippen LogP contribution in [0.3, 0.4) is 0 Å². The van der Waals surface area contributed by atoms with Gasteiger partial charge < -0.3 is 43.8 Å². The average molecular weight is 386 g/mol. The minimum absolute atomic E-state index is 0. The molecule has 0 aromatic heterocycles. The number of hydrogen-bond donors (Lipinski definition) is 0. The number of rotatable bonds is 0. The van der Waals surface area contributed by atoms with Gasteiger partial charge in [0.1, 0.15) is 0 Å². The quantitative estimate of drug-likeness (QED) is 0.413. The van der Waals surface area contributed by atoms with E-state index in [9.17, 15) is 0 Å². The Hall–Kier alpha value is 1.81. The molecule has 0 fully saturated rings. The normalized spacial score (nSPS) is 0. The zero-order chi connectivity index (χ0) is 0. The van der Waals surface area contributed by atoms with E-state index in [0.29, 0.717) is 0 Å². The second-order valence-corrected chi connectivity index (χ2v) is 0. The average Bonchev–Trinajstić information content (AvgIpc) is 0. The van der Waals surface area contributed by atoms with Gasteiger partial charge >= 0.3 is 65.1 Å². The van der Waals surface area contributed by atoms with Crippen LogP contribution in [0.5, 0.6) is 0 Å². The van der Waals surface area contributed by atoms with E-state index in [2.05, 4.69) is 0 Å². The fourth-order valence-electron chi connectivity index (χ4n) is 0. The van der Waals surface area contributed by atoms with Gasteiger partial charge in [-0.25, -0.2) is 0 Å². The molecule has 0 bridgehead atoms. The summed E-state index contributed by atoms with van der Waals surface area (Å²) < 4.78 is 0. The van der Waals surface area contributed by atoms with Crippen molar-refractivity contribution in [3.8, 4) is 0 Å². The summed E-state index contributed by atoms with van der Waals surface area (Å²) in [4.78, 5) is 0. The van der Waals surface area contributed by atoms with Crippen LogP contribution in [0.1, 0.15) is 0 Å². The Kier molecular flexibility index (Phi) is 20900. The Morgan fingerprint density at radius 2 is 0.364 bits per heavy atom. The molecule has 0 aliphatic carbocycles. The molecule has 0 radical (unpaired) electrons. The molecule has 0 rings (SSSR count). The third-order valence-electron chi connectivity index (χ3n) is 0. The standard InChI is InChI=1S/Ga.In.8H2O.Zn/h;;8*1H2;/q2*+3;;;;;;;;;+2/p-8. The van der Waals surface area contributed by atoms with E-state index < -0.39 is 0 Å². The van der Waals surface area contributed by atoms with E-state index >= 15 is 0 Å². The fraction of sp³-hybridized carbons (Fsp3) is 0. The molecule has 0 aliphatic rings. The maximum atomic E-state index is 0. The SMILES string of the molecule is [Ga+3].[In+3].[OH-].[OH-].[OH-].[OH-].[OH-].[OH-].[OH-].[OH-].[Zn+2]. The van der Waals surface area contributed by atoms with Crippen molar-refractivity contribution in [3.63, 3.8) is 0 Å². The van der Waals surface area contributed by atoms with Gasteiger partial charge in [0.2, 0.25) is 0 Å². The summed E-state index contributed by atoms with van der Waals surface area (Å²) in [6.07, 6.45) is 0. The van der Waals surface area contributed by atoms with Crippen LogP contribution in [-0.2, 0) is 19.5 Å². The molecular formula is H8GaInO8Zn. The van der Waals surface area contributed by atoms with Crippen LogP contribution in [0, 0.1) is 0 Å². The fourth-order valence-corrected chi connectivity index (χ4v) is 0. The van der Waals surface area contributed by atoms with Gasteiger partial charge in [-0.15, -0.1) is 0 Å². The second-order valence-electron chi connectivity index (χ2n) is 0. The van der Waals surface area contributed by atoms with Crippen LogP contribution in [0.15, 0.2) is 0 Å². The third kappa shape index (κ3) is 347. The van der Waals surface area contributed by atoms with Gasteiger partial charge in [-0.2, -0.15) is 0 Å². The molecule has 8 nitrogen and oxygen atoms in total. The predicted molar refractivity (Wildman–Crippen MR) is 27.0 cm³/mol. The predicted octanol–water partition coefficient (Wildman–Crippen LogP) is -2.18. The topological polar surface area (TPSA) is 240 Å². The minimum atomic E-state index is 0. The molecule has 0 aromatic carbocycles. The van der Waals surface area contributed by atoms with Crippen molar-refractivity contribution in [3.05, 3.63) is 0 Å². The molecule has 0 aromatic rings. The van der Waals surface area contributed by atoms with Crippen molar-refractivity contribution in [1.82, 2.24) is 0 Å². The molecule has 0 amide bonds. The van der Waals surface area contributed by atoms with Gasteiger partial charge in [-0.3, -0.25) is 0 Å². The monoisotopic (exact) mass is 384 g/mol. The second kappa shape index (κ2) is 421. The van der Waals surface area contributed by atoms with E-state index in [0.717, 1.165) is 0 Å². The Balaban J connectivity index is 0. The summed E-state index contributed by atoms with van der Waals surface area (Å²) in [7, 11) is 0. The Bertz CT molecular complexity index is 14.1. The maximum absolute atomic E-state index is 0. The Morgan fingerprint density at radius 1 is 0.364 bits per heavy atom. The maximum Gasteiger partial charge on any atom is 3.00 e. The Morgan fingerprint density at radius 3 is 0.364 bits per heavy atom. The van der Waals surface area contributed by atoms with E-state index in [4.69, 9.17) is 0 Å². The molecule has 0 spiro atoms. The first-order valence-electron chi connectivity index (χ1n) is 0. The van der Waals surface area contributed by atoms with Crippen LogP contribution in [0.2, 0.25) is 0 Å². The molecule has 11 heavy (non-hydrogen) atoms. The van der Waals surface area contributed by atoms with Crippen LogP contribution < -0.4 is 0 Å². The van der Waals surface area contributed by atoms with Gasteiger partial charge in [0.25, 0.3) is 0 Å². The first-order valence-corrected chi connectivity index (χ1v) is 0. The van der Waals surface area contributed by atoms with Gasteiger partial charge in [-0.1, -0.05) is 0 Å². The van der Waals surface area contributed by atoms with Gasteiger partial charge in [0.05, 0.1) is 0 Å². The summed E-state index contributed by atoms with van der Waals surface area (Å²) in [5, 5.41) is 0. The molecule has 64 valence electrons. The van der Waals surface area contributed by atoms with Crippen LogP contribution >= 0.6 is 0 Å². The zero-order valence-electron chi connectivity index (χ0n) is 5.44. The van der Waals surface area contributed by atoms with E-state index in [-0.39, 0.29) is 109 Å². The molecule has 0 heterocycles. The summed E-state index contributed by atoms with van der Waals surface area (Å²) >= 11 is 0.